The SMILES string of the molecule is C=C(CCCCCCCCCCCC)C(=O)ON. The van der Waals surface area contributed by atoms with Crippen LogP contribution in [0.1, 0.15) is 77.6 Å². The molecule has 0 radical (unpaired) electrons. The Morgan fingerprint density at radius 3 is 1.83 bits per heavy atom. The van der Waals surface area contributed by atoms with Gasteiger partial charge in [0, 0.05) is 5.57 Å². The molecule has 0 fully saturated rings. The van der Waals surface area contributed by atoms with Gasteiger partial charge in [-0.25, -0.2) is 4.79 Å². The maximum absolute atomic E-state index is 11.0. The van der Waals surface area contributed by atoms with Gasteiger partial charge in [0.15, 0.2) is 0 Å². The number of rotatable bonds is 12. The van der Waals surface area contributed by atoms with Crippen molar-refractivity contribution in [2.45, 2.75) is 77.6 Å². The largest absolute Gasteiger partial charge is 0.370 e. The van der Waals surface area contributed by atoms with E-state index in [2.05, 4.69) is 18.3 Å². The third-order valence-corrected chi connectivity index (χ3v) is 3.23. The average Bonchev–Trinajstić information content (AvgIpc) is 2.39. The molecule has 0 aromatic rings. The highest BCUT2D eigenvalue weighted by molar-refractivity contribution is 5.87. The normalized spacial score (nSPS) is 10.3. The molecule has 0 spiro atoms. The van der Waals surface area contributed by atoms with Crippen molar-refractivity contribution < 1.29 is 9.63 Å². The predicted octanol–water partition coefficient (Wildman–Crippen LogP) is 4.27. The molecule has 0 atom stereocenters. The Labute approximate surface area is 112 Å². The van der Waals surface area contributed by atoms with Gasteiger partial charge >= 0.3 is 5.97 Å². The van der Waals surface area contributed by atoms with E-state index < -0.39 is 5.97 Å². The maximum atomic E-state index is 11.0. The van der Waals surface area contributed by atoms with Gasteiger partial charge in [0.2, 0.25) is 0 Å². The van der Waals surface area contributed by atoms with Gasteiger partial charge in [-0.05, 0) is 12.8 Å². The van der Waals surface area contributed by atoms with Crippen LogP contribution >= 0.6 is 0 Å². The Balaban J connectivity index is 3.16. The second kappa shape index (κ2) is 12.6. The van der Waals surface area contributed by atoms with Crippen LogP contribution in [-0.4, -0.2) is 5.97 Å². The zero-order chi connectivity index (χ0) is 13.6. The summed E-state index contributed by atoms with van der Waals surface area (Å²) in [6.45, 7) is 5.89. The summed E-state index contributed by atoms with van der Waals surface area (Å²) >= 11 is 0. The molecule has 106 valence electrons. The molecule has 0 aliphatic heterocycles. The van der Waals surface area contributed by atoms with Crippen molar-refractivity contribution in [1.82, 2.24) is 0 Å². The topological polar surface area (TPSA) is 52.3 Å². The summed E-state index contributed by atoms with van der Waals surface area (Å²) in [7, 11) is 0. The van der Waals surface area contributed by atoms with E-state index in [1.807, 2.05) is 0 Å². The first-order valence-corrected chi connectivity index (χ1v) is 7.31. The fourth-order valence-corrected chi connectivity index (χ4v) is 2.01. The van der Waals surface area contributed by atoms with E-state index >= 15 is 0 Å². The fourth-order valence-electron chi connectivity index (χ4n) is 2.01. The highest BCUT2D eigenvalue weighted by Crippen LogP contribution is 2.13. The third-order valence-electron chi connectivity index (χ3n) is 3.23. The van der Waals surface area contributed by atoms with Crippen LogP contribution < -0.4 is 5.90 Å². The predicted molar refractivity (Wildman–Crippen MR) is 75.9 cm³/mol. The molecule has 0 saturated heterocycles. The smallest absolute Gasteiger partial charge is 0.351 e. The average molecular weight is 255 g/mol. The molecule has 3 heteroatoms. The van der Waals surface area contributed by atoms with Crippen molar-refractivity contribution in [3.63, 3.8) is 0 Å². The first-order chi connectivity index (χ1) is 8.72. The van der Waals surface area contributed by atoms with E-state index in [1.165, 1.54) is 51.4 Å². The number of hydrogen-bond acceptors (Lipinski definition) is 3. The summed E-state index contributed by atoms with van der Waals surface area (Å²) in [5.41, 5.74) is 0.483. The van der Waals surface area contributed by atoms with E-state index in [0.29, 0.717) is 12.0 Å². The molecule has 0 rings (SSSR count). The van der Waals surface area contributed by atoms with Gasteiger partial charge in [0.1, 0.15) is 0 Å². The number of nitrogens with two attached hydrogens (primary N) is 1. The first-order valence-electron chi connectivity index (χ1n) is 7.31. The zero-order valence-corrected chi connectivity index (χ0v) is 11.9. The van der Waals surface area contributed by atoms with E-state index in [4.69, 9.17) is 5.90 Å². The van der Waals surface area contributed by atoms with Crippen molar-refractivity contribution in [2.24, 2.45) is 5.90 Å². The summed E-state index contributed by atoms with van der Waals surface area (Å²) in [5.74, 6) is 4.30. The van der Waals surface area contributed by atoms with Crippen LogP contribution in [0.15, 0.2) is 12.2 Å². The number of carbonyl (C=O) groups is 1. The van der Waals surface area contributed by atoms with Gasteiger partial charge in [-0.15, -0.1) is 0 Å². The molecule has 0 aromatic heterocycles. The van der Waals surface area contributed by atoms with Crippen LogP contribution in [0.3, 0.4) is 0 Å². The molecule has 0 heterocycles. The van der Waals surface area contributed by atoms with E-state index in [-0.39, 0.29) is 0 Å². The lowest BCUT2D eigenvalue weighted by Gasteiger charge is -2.03. The maximum Gasteiger partial charge on any atom is 0.351 e. The standard InChI is InChI=1S/C15H29NO2/c1-3-4-5-6-7-8-9-10-11-12-13-14(2)15(17)18-16/h2-13,16H2,1H3. The molecule has 2 N–H and O–H groups in total. The molecular formula is C15H29NO2. The van der Waals surface area contributed by atoms with Gasteiger partial charge < -0.3 is 4.84 Å². The van der Waals surface area contributed by atoms with E-state index in [0.717, 1.165) is 12.8 Å². The minimum absolute atomic E-state index is 0.481. The van der Waals surface area contributed by atoms with E-state index in [9.17, 15) is 4.79 Å². The molecule has 0 aliphatic rings. The quantitative estimate of drug-likeness (QED) is 0.322. The molecule has 0 saturated carbocycles. The van der Waals surface area contributed by atoms with Crippen molar-refractivity contribution in [3.05, 3.63) is 12.2 Å². The van der Waals surface area contributed by atoms with Crippen molar-refractivity contribution in [1.29, 1.82) is 0 Å². The molecule has 0 unspecified atom stereocenters. The number of unbranched alkanes of at least 4 members (excludes halogenated alkanes) is 9. The van der Waals surface area contributed by atoms with Crippen LogP contribution in [0.5, 0.6) is 0 Å². The van der Waals surface area contributed by atoms with Crippen molar-refractivity contribution >= 4 is 5.97 Å². The van der Waals surface area contributed by atoms with Gasteiger partial charge in [-0.1, -0.05) is 71.3 Å². The number of carbonyl (C=O) groups excluding carboxylic acids is 1. The Morgan fingerprint density at radius 1 is 0.944 bits per heavy atom. The molecule has 0 aromatic carbocycles. The summed E-state index contributed by atoms with van der Waals surface area (Å²) < 4.78 is 0. The lowest BCUT2D eigenvalue weighted by atomic mass is 10.0. The Morgan fingerprint density at radius 2 is 1.39 bits per heavy atom. The van der Waals surface area contributed by atoms with Gasteiger partial charge in [0.25, 0.3) is 0 Å². The molecular weight excluding hydrogens is 226 g/mol. The van der Waals surface area contributed by atoms with Gasteiger partial charge in [-0.3, -0.25) is 0 Å². The fraction of sp³-hybridized carbons (Fsp3) is 0.800. The second-order valence-electron chi connectivity index (χ2n) is 4.94. The van der Waals surface area contributed by atoms with Crippen LogP contribution in [0.25, 0.3) is 0 Å². The van der Waals surface area contributed by atoms with Crippen LogP contribution in [0.2, 0.25) is 0 Å². The minimum Gasteiger partial charge on any atom is -0.370 e. The highest BCUT2D eigenvalue weighted by atomic mass is 16.7. The lowest BCUT2D eigenvalue weighted by molar-refractivity contribution is -0.139. The summed E-state index contributed by atoms with van der Waals surface area (Å²) in [6.07, 6.45) is 13.6. The molecule has 3 nitrogen and oxygen atoms in total. The monoisotopic (exact) mass is 255 g/mol. The Bertz CT molecular complexity index is 227. The zero-order valence-electron chi connectivity index (χ0n) is 11.9. The summed E-state index contributed by atoms with van der Waals surface area (Å²) in [4.78, 5) is 15.1. The third kappa shape index (κ3) is 10.3. The Hall–Kier alpha value is -0.830. The van der Waals surface area contributed by atoms with Crippen LogP contribution in [-0.2, 0) is 9.63 Å². The molecule has 0 amide bonds. The molecule has 18 heavy (non-hydrogen) atoms. The molecule has 0 aliphatic carbocycles. The van der Waals surface area contributed by atoms with Gasteiger partial charge in [-0.2, -0.15) is 5.90 Å². The minimum atomic E-state index is -0.481. The molecule has 0 bridgehead atoms. The number of hydrogen-bond donors (Lipinski definition) is 1. The van der Waals surface area contributed by atoms with Crippen LogP contribution in [0, 0.1) is 0 Å². The second-order valence-corrected chi connectivity index (χ2v) is 4.94. The highest BCUT2D eigenvalue weighted by Gasteiger charge is 2.05. The van der Waals surface area contributed by atoms with Crippen molar-refractivity contribution in [3.8, 4) is 0 Å². The first kappa shape index (κ1) is 17.2. The van der Waals surface area contributed by atoms with Crippen molar-refractivity contribution in [2.75, 3.05) is 0 Å². The summed E-state index contributed by atoms with van der Waals surface area (Å²) in [5, 5.41) is 0. The Kier molecular flexibility index (Phi) is 12.0. The van der Waals surface area contributed by atoms with Gasteiger partial charge in [0.05, 0.1) is 0 Å². The van der Waals surface area contributed by atoms with Crippen LogP contribution in [0.4, 0.5) is 0 Å². The van der Waals surface area contributed by atoms with E-state index in [1.54, 1.807) is 0 Å². The summed E-state index contributed by atoms with van der Waals surface area (Å²) in [6, 6.07) is 0. The lowest BCUT2D eigenvalue weighted by Crippen LogP contribution is -2.11.